The lowest BCUT2D eigenvalue weighted by Crippen LogP contribution is -2.59. The Morgan fingerprint density at radius 3 is 2.57 bits per heavy atom. The zero-order valence-corrected chi connectivity index (χ0v) is 8.41. The second-order valence-electron chi connectivity index (χ2n) is 4.23. The molecule has 2 saturated heterocycles. The molecular weight excluding hydrogens is 180 g/mol. The monoisotopic (exact) mass is 198 g/mol. The largest absolute Gasteiger partial charge is 0.480 e. The normalized spacial score (nSPS) is 30.7. The maximum absolute atomic E-state index is 11.2. The van der Waals surface area contributed by atoms with E-state index in [4.69, 9.17) is 0 Å². The van der Waals surface area contributed by atoms with Gasteiger partial charge in [0.1, 0.15) is 6.04 Å². The number of hydrogen-bond acceptors (Lipinski definition) is 3. The van der Waals surface area contributed by atoms with Crippen molar-refractivity contribution in [3.8, 4) is 0 Å². The van der Waals surface area contributed by atoms with Crippen LogP contribution in [0.1, 0.15) is 25.7 Å². The fourth-order valence-corrected chi connectivity index (χ4v) is 2.35. The predicted octanol–water partition coefficient (Wildman–Crippen LogP) is 0.287. The number of nitrogens with zero attached hydrogens (tertiary/aromatic N) is 1. The lowest BCUT2D eigenvalue weighted by Gasteiger charge is -2.41. The van der Waals surface area contributed by atoms with Crippen molar-refractivity contribution in [1.82, 2.24) is 10.2 Å². The summed E-state index contributed by atoms with van der Waals surface area (Å²) in [5, 5.41) is 12.5. The van der Waals surface area contributed by atoms with Crippen LogP contribution in [0.25, 0.3) is 0 Å². The van der Waals surface area contributed by atoms with Crippen molar-refractivity contribution in [3.63, 3.8) is 0 Å². The molecule has 4 heteroatoms. The lowest BCUT2D eigenvalue weighted by atomic mass is 9.95. The molecule has 0 bridgehead atoms. The molecule has 0 aromatic heterocycles. The summed E-state index contributed by atoms with van der Waals surface area (Å²) in [5.74, 6) is -0.663. The van der Waals surface area contributed by atoms with Crippen LogP contribution in [0.2, 0.25) is 0 Å². The summed E-state index contributed by atoms with van der Waals surface area (Å²) in [7, 11) is 0. The highest BCUT2D eigenvalue weighted by Crippen LogP contribution is 2.19. The molecule has 0 aromatic carbocycles. The number of aliphatic carboxylic acids is 1. The minimum atomic E-state index is -0.663. The summed E-state index contributed by atoms with van der Waals surface area (Å²) in [5.41, 5.74) is 0. The molecule has 80 valence electrons. The van der Waals surface area contributed by atoms with Crippen molar-refractivity contribution < 1.29 is 9.90 Å². The molecule has 2 N–H and O–H groups in total. The van der Waals surface area contributed by atoms with Crippen molar-refractivity contribution in [3.05, 3.63) is 0 Å². The second kappa shape index (κ2) is 4.28. The van der Waals surface area contributed by atoms with Gasteiger partial charge in [-0.05, 0) is 25.8 Å². The van der Waals surface area contributed by atoms with E-state index in [-0.39, 0.29) is 12.1 Å². The van der Waals surface area contributed by atoms with Crippen molar-refractivity contribution in [2.45, 2.75) is 37.8 Å². The number of likely N-dealkylation sites (tertiary alicyclic amines) is 1. The highest BCUT2D eigenvalue weighted by atomic mass is 16.4. The third-order valence-corrected chi connectivity index (χ3v) is 3.27. The summed E-state index contributed by atoms with van der Waals surface area (Å²) < 4.78 is 0. The van der Waals surface area contributed by atoms with Gasteiger partial charge < -0.3 is 10.4 Å². The molecule has 4 nitrogen and oxygen atoms in total. The van der Waals surface area contributed by atoms with Gasteiger partial charge in [-0.15, -0.1) is 0 Å². The van der Waals surface area contributed by atoms with Gasteiger partial charge in [0.25, 0.3) is 0 Å². The van der Waals surface area contributed by atoms with Crippen molar-refractivity contribution in [2.75, 3.05) is 19.6 Å². The van der Waals surface area contributed by atoms with Gasteiger partial charge >= 0.3 is 5.97 Å². The Morgan fingerprint density at radius 1 is 1.36 bits per heavy atom. The van der Waals surface area contributed by atoms with Gasteiger partial charge in [0, 0.05) is 19.1 Å². The molecule has 2 fully saturated rings. The van der Waals surface area contributed by atoms with Crippen LogP contribution in [0.3, 0.4) is 0 Å². The predicted molar refractivity (Wildman–Crippen MR) is 53.3 cm³/mol. The number of carboxylic acid groups (broad SMARTS) is 1. The SMILES string of the molecule is O=C(O)C(C1CCCCN1)N1CCC1. The van der Waals surface area contributed by atoms with Gasteiger partial charge in [0.05, 0.1) is 0 Å². The van der Waals surface area contributed by atoms with E-state index in [1.807, 2.05) is 0 Å². The van der Waals surface area contributed by atoms with E-state index in [0.717, 1.165) is 38.9 Å². The van der Waals surface area contributed by atoms with Crippen LogP contribution in [-0.4, -0.2) is 47.7 Å². The van der Waals surface area contributed by atoms with E-state index in [1.165, 1.54) is 6.42 Å². The van der Waals surface area contributed by atoms with Gasteiger partial charge in [-0.3, -0.25) is 9.69 Å². The zero-order chi connectivity index (χ0) is 9.97. The summed E-state index contributed by atoms with van der Waals surface area (Å²) in [6.07, 6.45) is 4.50. The molecule has 0 aliphatic carbocycles. The average Bonchev–Trinajstić information content (AvgIpc) is 2.12. The fraction of sp³-hybridized carbons (Fsp3) is 0.900. The van der Waals surface area contributed by atoms with Crippen molar-refractivity contribution >= 4 is 5.97 Å². The highest BCUT2D eigenvalue weighted by molar-refractivity contribution is 5.74. The Balaban J connectivity index is 1.97. The maximum atomic E-state index is 11.2. The first-order valence-corrected chi connectivity index (χ1v) is 5.49. The van der Waals surface area contributed by atoms with Crippen LogP contribution >= 0.6 is 0 Å². The van der Waals surface area contributed by atoms with E-state index in [2.05, 4.69) is 10.2 Å². The number of nitrogens with one attached hydrogen (secondary N) is 1. The molecule has 2 atom stereocenters. The molecule has 0 spiro atoms. The van der Waals surface area contributed by atoms with Crippen molar-refractivity contribution in [1.29, 1.82) is 0 Å². The molecule has 2 aliphatic rings. The van der Waals surface area contributed by atoms with Gasteiger partial charge in [0.2, 0.25) is 0 Å². The molecule has 14 heavy (non-hydrogen) atoms. The Morgan fingerprint density at radius 2 is 2.14 bits per heavy atom. The summed E-state index contributed by atoms with van der Waals surface area (Å²) in [6, 6.07) is -0.120. The molecule has 2 heterocycles. The Kier molecular flexibility index (Phi) is 3.03. The van der Waals surface area contributed by atoms with E-state index in [0.29, 0.717) is 0 Å². The van der Waals surface area contributed by atoms with Crippen LogP contribution in [0.5, 0.6) is 0 Å². The number of piperidine rings is 1. The van der Waals surface area contributed by atoms with Crippen LogP contribution in [0.4, 0.5) is 0 Å². The van der Waals surface area contributed by atoms with Gasteiger partial charge in [-0.2, -0.15) is 0 Å². The average molecular weight is 198 g/mol. The van der Waals surface area contributed by atoms with Crippen LogP contribution < -0.4 is 5.32 Å². The first kappa shape index (κ1) is 9.93. The van der Waals surface area contributed by atoms with Crippen LogP contribution in [0.15, 0.2) is 0 Å². The molecule has 2 rings (SSSR count). The number of carboxylic acids is 1. The topological polar surface area (TPSA) is 52.6 Å². The molecule has 2 aliphatic heterocycles. The smallest absolute Gasteiger partial charge is 0.322 e. The Labute approximate surface area is 84.3 Å². The molecule has 0 saturated carbocycles. The molecule has 0 aromatic rings. The molecule has 2 unspecified atom stereocenters. The van der Waals surface area contributed by atoms with E-state index < -0.39 is 5.97 Å². The third-order valence-electron chi connectivity index (χ3n) is 3.27. The lowest BCUT2D eigenvalue weighted by molar-refractivity contribution is -0.146. The Hall–Kier alpha value is -0.610. The second-order valence-corrected chi connectivity index (χ2v) is 4.23. The first-order valence-electron chi connectivity index (χ1n) is 5.49. The summed E-state index contributed by atoms with van der Waals surface area (Å²) in [6.45, 7) is 2.88. The molecular formula is C10H18N2O2. The number of rotatable bonds is 3. The van der Waals surface area contributed by atoms with Crippen molar-refractivity contribution in [2.24, 2.45) is 0 Å². The maximum Gasteiger partial charge on any atom is 0.322 e. The first-order chi connectivity index (χ1) is 6.79. The fourth-order valence-electron chi connectivity index (χ4n) is 2.35. The highest BCUT2D eigenvalue weighted by Gasteiger charge is 2.36. The standard InChI is InChI=1S/C10H18N2O2/c13-10(14)9(12-6-3-7-12)8-4-1-2-5-11-8/h8-9,11H,1-7H2,(H,13,14). The number of carbonyl (C=O) groups is 1. The third kappa shape index (κ3) is 1.91. The van der Waals surface area contributed by atoms with Gasteiger partial charge in [-0.25, -0.2) is 0 Å². The van der Waals surface area contributed by atoms with E-state index in [1.54, 1.807) is 0 Å². The van der Waals surface area contributed by atoms with Gasteiger partial charge in [-0.1, -0.05) is 6.42 Å². The minimum absolute atomic E-state index is 0.168. The number of hydrogen-bond donors (Lipinski definition) is 2. The van der Waals surface area contributed by atoms with Gasteiger partial charge in [0.15, 0.2) is 0 Å². The zero-order valence-electron chi connectivity index (χ0n) is 8.41. The van der Waals surface area contributed by atoms with Crippen LogP contribution in [-0.2, 0) is 4.79 Å². The molecule has 0 amide bonds. The quantitative estimate of drug-likeness (QED) is 0.684. The minimum Gasteiger partial charge on any atom is -0.480 e. The summed E-state index contributed by atoms with van der Waals surface area (Å²) >= 11 is 0. The molecule has 0 radical (unpaired) electrons. The Bertz CT molecular complexity index is 210. The van der Waals surface area contributed by atoms with E-state index in [9.17, 15) is 9.90 Å². The van der Waals surface area contributed by atoms with Crippen LogP contribution in [0, 0.1) is 0 Å². The summed E-state index contributed by atoms with van der Waals surface area (Å²) in [4.78, 5) is 13.2. The van der Waals surface area contributed by atoms with E-state index >= 15 is 0 Å².